The predicted octanol–water partition coefficient (Wildman–Crippen LogP) is 1.29. The van der Waals surface area contributed by atoms with Gasteiger partial charge in [0.25, 0.3) is 17.4 Å². The first-order valence-corrected chi connectivity index (χ1v) is 6.08. The molecule has 0 aliphatic carbocycles. The van der Waals surface area contributed by atoms with Crippen molar-refractivity contribution in [1.29, 1.82) is 0 Å². The van der Waals surface area contributed by atoms with E-state index in [0.29, 0.717) is 12.1 Å². The number of hydrogen-bond donors (Lipinski definition) is 1. The van der Waals surface area contributed by atoms with E-state index in [9.17, 15) is 24.8 Å². The van der Waals surface area contributed by atoms with Crippen molar-refractivity contribution in [2.24, 2.45) is 0 Å². The molecule has 106 valence electrons. The maximum absolute atomic E-state index is 11.9. The number of benzene rings is 1. The van der Waals surface area contributed by atoms with Gasteiger partial charge in [0.1, 0.15) is 0 Å². The molecule has 7 nitrogen and oxygen atoms in total. The van der Waals surface area contributed by atoms with Gasteiger partial charge in [0.15, 0.2) is 0 Å². The van der Waals surface area contributed by atoms with Crippen molar-refractivity contribution in [3.05, 3.63) is 33.9 Å². The number of ketones is 1. The van der Waals surface area contributed by atoms with E-state index in [0.717, 1.165) is 6.07 Å². The van der Waals surface area contributed by atoms with Crippen molar-refractivity contribution in [1.82, 2.24) is 0 Å². The fourth-order valence-electron chi connectivity index (χ4n) is 2.01. The lowest BCUT2D eigenvalue weighted by Gasteiger charge is -2.22. The molecule has 1 N–H and O–H groups in total. The Balaban J connectivity index is 2.34. The van der Waals surface area contributed by atoms with Crippen LogP contribution in [0.1, 0.15) is 30.6 Å². The van der Waals surface area contributed by atoms with Crippen LogP contribution in [0.2, 0.25) is 0 Å². The molecular weight excluding hydrogens is 264 g/mol. The lowest BCUT2D eigenvalue weighted by atomic mass is 10.1. The van der Waals surface area contributed by atoms with Gasteiger partial charge in [0, 0.05) is 18.7 Å². The maximum atomic E-state index is 11.9. The van der Waals surface area contributed by atoms with E-state index in [4.69, 9.17) is 0 Å². The summed E-state index contributed by atoms with van der Waals surface area (Å²) in [6.07, 6.45) is 0.294. The van der Waals surface area contributed by atoms with E-state index in [2.05, 4.69) is 0 Å². The quantitative estimate of drug-likeness (QED) is 0.508. The Labute approximate surface area is 115 Å². The highest BCUT2D eigenvalue weighted by Gasteiger charge is 2.37. The number of aliphatic hydroxyl groups is 1. The monoisotopic (exact) mass is 278 g/mol. The molecule has 0 saturated carbocycles. The largest absolute Gasteiger partial charge is 0.390 e. The summed E-state index contributed by atoms with van der Waals surface area (Å²) >= 11 is 0. The number of carbonyl (C=O) groups is 2. The number of carbonyl (C=O) groups excluding carboxylic acids is 2. The number of nitro groups is 1. The molecule has 0 atom stereocenters. The van der Waals surface area contributed by atoms with Gasteiger partial charge in [-0.25, -0.2) is 0 Å². The van der Waals surface area contributed by atoms with Crippen LogP contribution in [0, 0.1) is 10.1 Å². The topological polar surface area (TPSA) is 101 Å². The van der Waals surface area contributed by atoms with Crippen LogP contribution >= 0.6 is 0 Å². The van der Waals surface area contributed by atoms with Gasteiger partial charge in [-0.1, -0.05) is 0 Å². The van der Waals surface area contributed by atoms with Crippen molar-refractivity contribution < 1.29 is 19.6 Å². The van der Waals surface area contributed by atoms with Gasteiger partial charge in [-0.3, -0.25) is 19.7 Å². The van der Waals surface area contributed by atoms with Crippen LogP contribution in [-0.4, -0.2) is 33.9 Å². The molecule has 0 radical (unpaired) electrons. The minimum atomic E-state index is -0.965. The molecule has 1 aliphatic rings. The minimum absolute atomic E-state index is 0.0416. The summed E-state index contributed by atoms with van der Waals surface area (Å²) in [5, 5.41) is 20.4. The predicted molar refractivity (Wildman–Crippen MR) is 70.7 cm³/mol. The smallest absolute Gasteiger partial charge is 0.299 e. The Kier molecular flexibility index (Phi) is 3.31. The van der Waals surface area contributed by atoms with Crippen molar-refractivity contribution in [2.75, 3.05) is 11.4 Å². The lowest BCUT2D eigenvalue weighted by Crippen LogP contribution is -2.34. The van der Waals surface area contributed by atoms with E-state index in [1.165, 1.54) is 17.0 Å². The van der Waals surface area contributed by atoms with E-state index in [1.807, 2.05) is 0 Å². The highest BCUT2D eigenvalue weighted by atomic mass is 16.6. The number of anilines is 1. The molecule has 0 spiro atoms. The highest BCUT2D eigenvalue weighted by molar-refractivity contribution is 6.52. The third kappa shape index (κ3) is 2.53. The number of amides is 1. The summed E-state index contributed by atoms with van der Waals surface area (Å²) in [5.74, 6) is -1.47. The molecule has 1 aromatic rings. The third-order valence-corrected chi connectivity index (χ3v) is 3.11. The van der Waals surface area contributed by atoms with E-state index >= 15 is 0 Å². The average Bonchev–Trinajstić information content (AvgIpc) is 2.58. The summed E-state index contributed by atoms with van der Waals surface area (Å²) < 4.78 is 0. The van der Waals surface area contributed by atoms with Gasteiger partial charge in [-0.15, -0.1) is 0 Å². The molecule has 1 heterocycles. The normalized spacial score (nSPS) is 14.7. The molecule has 2 rings (SSSR count). The first-order valence-electron chi connectivity index (χ1n) is 6.08. The van der Waals surface area contributed by atoms with Crippen LogP contribution in [0.15, 0.2) is 18.2 Å². The standard InChI is InChI=1S/C13H14N2O5/c1-13(2,18)5-6-14-10-4-3-8(15(19)20)7-9(10)11(16)12(14)17/h3-4,7,18H,5-6H2,1-2H3. The van der Waals surface area contributed by atoms with Gasteiger partial charge in [-0.05, 0) is 26.3 Å². The zero-order valence-corrected chi connectivity index (χ0v) is 11.1. The molecule has 0 fully saturated rings. The number of nitrogens with zero attached hydrogens (tertiary/aromatic N) is 2. The summed E-state index contributed by atoms with van der Waals surface area (Å²) in [6.45, 7) is 3.39. The van der Waals surface area contributed by atoms with Crippen molar-refractivity contribution >= 4 is 23.1 Å². The number of hydrogen-bond acceptors (Lipinski definition) is 5. The molecule has 0 unspecified atom stereocenters. The van der Waals surface area contributed by atoms with E-state index < -0.39 is 22.2 Å². The van der Waals surface area contributed by atoms with Crippen LogP contribution in [0.5, 0.6) is 0 Å². The van der Waals surface area contributed by atoms with Crippen molar-refractivity contribution in [2.45, 2.75) is 25.9 Å². The van der Waals surface area contributed by atoms with Crippen LogP contribution in [0.3, 0.4) is 0 Å². The first kappa shape index (κ1) is 14.1. The van der Waals surface area contributed by atoms with Gasteiger partial charge < -0.3 is 10.0 Å². The van der Waals surface area contributed by atoms with Crippen molar-refractivity contribution in [3.63, 3.8) is 0 Å². The highest BCUT2D eigenvalue weighted by Crippen LogP contribution is 2.32. The molecule has 0 aromatic heterocycles. The number of non-ortho nitro benzene ring substituents is 1. The Hall–Kier alpha value is -2.28. The number of Topliss-reactive ketones (excluding diaryl/α,β-unsaturated/α-hetero) is 1. The Morgan fingerprint density at radius 1 is 1.35 bits per heavy atom. The first-order chi connectivity index (χ1) is 9.20. The van der Waals surface area contributed by atoms with Crippen LogP contribution in [0.4, 0.5) is 11.4 Å². The molecule has 1 aromatic carbocycles. The van der Waals surface area contributed by atoms with Gasteiger partial charge in [0.05, 0.1) is 21.8 Å². The van der Waals surface area contributed by atoms with Crippen LogP contribution < -0.4 is 4.90 Å². The number of nitro benzene ring substituents is 1. The Morgan fingerprint density at radius 2 is 2.00 bits per heavy atom. The summed E-state index contributed by atoms with van der Waals surface area (Å²) in [6, 6.07) is 3.75. The summed E-state index contributed by atoms with van der Waals surface area (Å²) in [5.41, 5.74) is -0.795. The molecule has 1 amide bonds. The second kappa shape index (κ2) is 4.68. The van der Waals surface area contributed by atoms with Crippen LogP contribution in [0.25, 0.3) is 0 Å². The fourth-order valence-corrected chi connectivity index (χ4v) is 2.01. The number of rotatable bonds is 4. The zero-order valence-electron chi connectivity index (χ0n) is 11.1. The van der Waals surface area contributed by atoms with Gasteiger partial charge >= 0.3 is 0 Å². The minimum Gasteiger partial charge on any atom is -0.390 e. The second-order valence-electron chi connectivity index (χ2n) is 5.31. The third-order valence-electron chi connectivity index (χ3n) is 3.11. The fraction of sp³-hybridized carbons (Fsp3) is 0.385. The Morgan fingerprint density at radius 3 is 2.55 bits per heavy atom. The Bertz CT molecular complexity index is 603. The SMILES string of the molecule is CC(C)(O)CCN1C(=O)C(=O)c2cc([N+](=O)[O-])ccc21. The molecule has 7 heteroatoms. The van der Waals surface area contributed by atoms with E-state index in [1.54, 1.807) is 13.8 Å². The van der Waals surface area contributed by atoms with Gasteiger partial charge in [-0.2, -0.15) is 0 Å². The molecule has 20 heavy (non-hydrogen) atoms. The maximum Gasteiger partial charge on any atom is 0.299 e. The lowest BCUT2D eigenvalue weighted by molar-refractivity contribution is -0.384. The molecular formula is C13H14N2O5. The van der Waals surface area contributed by atoms with Crippen molar-refractivity contribution in [3.8, 4) is 0 Å². The average molecular weight is 278 g/mol. The molecule has 0 bridgehead atoms. The summed E-state index contributed by atoms with van der Waals surface area (Å²) in [4.78, 5) is 35.0. The summed E-state index contributed by atoms with van der Waals surface area (Å²) in [7, 11) is 0. The van der Waals surface area contributed by atoms with E-state index in [-0.39, 0.29) is 17.8 Å². The zero-order chi connectivity index (χ0) is 15.1. The van der Waals surface area contributed by atoms with Crippen LogP contribution in [-0.2, 0) is 4.79 Å². The number of fused-ring (bicyclic) bond motifs is 1. The molecule has 0 saturated heterocycles. The molecule has 1 aliphatic heterocycles. The van der Waals surface area contributed by atoms with Gasteiger partial charge in [0.2, 0.25) is 0 Å². The second-order valence-corrected chi connectivity index (χ2v) is 5.31.